The molecule has 2 rings (SSSR count). The van der Waals surface area contributed by atoms with E-state index in [0.717, 1.165) is 11.3 Å². The zero-order valence-electron chi connectivity index (χ0n) is 10.5. The number of aliphatic hydroxyl groups is 2. The molecule has 4 N–H and O–H groups in total. The summed E-state index contributed by atoms with van der Waals surface area (Å²) in [4.78, 5) is 23.9. The molecule has 1 heterocycles. The van der Waals surface area contributed by atoms with Crippen LogP contribution in [-0.4, -0.2) is 34.7 Å². The van der Waals surface area contributed by atoms with Crippen molar-refractivity contribution in [3.8, 4) is 0 Å². The van der Waals surface area contributed by atoms with Gasteiger partial charge in [0, 0.05) is 19.2 Å². The number of primary amides is 1. The lowest BCUT2D eigenvalue weighted by Crippen LogP contribution is -2.33. The monoisotopic (exact) mass is 264 g/mol. The van der Waals surface area contributed by atoms with Gasteiger partial charge in [-0.05, 0) is 23.6 Å². The number of hydrogen-bond acceptors (Lipinski definition) is 4. The van der Waals surface area contributed by atoms with Crippen molar-refractivity contribution in [1.29, 1.82) is 0 Å². The molecule has 1 aliphatic heterocycles. The van der Waals surface area contributed by atoms with Crippen LogP contribution in [0.2, 0.25) is 0 Å². The predicted molar refractivity (Wildman–Crippen MR) is 68.3 cm³/mol. The largest absolute Gasteiger partial charge is 0.385 e. The topological polar surface area (TPSA) is 104 Å². The van der Waals surface area contributed by atoms with E-state index in [1.807, 2.05) is 0 Å². The Morgan fingerprint density at radius 2 is 2.05 bits per heavy atom. The molecule has 2 atom stereocenters. The summed E-state index contributed by atoms with van der Waals surface area (Å²) in [7, 11) is 0. The molecule has 0 saturated heterocycles. The van der Waals surface area contributed by atoms with Crippen LogP contribution in [0.25, 0.3) is 0 Å². The van der Waals surface area contributed by atoms with Gasteiger partial charge in [0.1, 0.15) is 6.10 Å². The number of fused-ring (bicyclic) bond motifs is 1. The molecule has 6 heteroatoms. The Morgan fingerprint density at radius 3 is 2.63 bits per heavy atom. The molecule has 6 nitrogen and oxygen atoms in total. The summed E-state index contributed by atoms with van der Waals surface area (Å²) >= 11 is 0. The maximum atomic E-state index is 11.4. The number of nitrogens with two attached hydrogens (primary N) is 1. The molecule has 102 valence electrons. The Kier molecular flexibility index (Phi) is 3.55. The summed E-state index contributed by atoms with van der Waals surface area (Å²) in [6.07, 6.45) is -2.31. The molecule has 19 heavy (non-hydrogen) atoms. The highest BCUT2D eigenvalue weighted by molar-refractivity contribution is 5.93. The van der Waals surface area contributed by atoms with Crippen molar-refractivity contribution in [2.75, 3.05) is 11.4 Å². The predicted octanol–water partition coefficient (Wildman–Crippen LogP) is -0.525. The van der Waals surface area contributed by atoms with Gasteiger partial charge in [-0.25, -0.2) is 0 Å². The van der Waals surface area contributed by atoms with Gasteiger partial charge in [-0.15, -0.1) is 0 Å². The molecule has 1 aromatic rings. The van der Waals surface area contributed by atoms with E-state index in [4.69, 9.17) is 5.73 Å². The first-order chi connectivity index (χ1) is 8.91. The second-order valence-electron chi connectivity index (χ2n) is 4.60. The normalized spacial score (nSPS) is 16.9. The molecular formula is C13H16N2O4. The highest BCUT2D eigenvalue weighted by Gasteiger charge is 2.27. The second-order valence-corrected chi connectivity index (χ2v) is 4.60. The first kappa shape index (κ1) is 13.5. The fourth-order valence-electron chi connectivity index (χ4n) is 2.27. The van der Waals surface area contributed by atoms with Gasteiger partial charge >= 0.3 is 0 Å². The van der Waals surface area contributed by atoms with Crippen LogP contribution in [-0.2, 0) is 16.0 Å². The van der Waals surface area contributed by atoms with E-state index in [2.05, 4.69) is 0 Å². The van der Waals surface area contributed by atoms with Gasteiger partial charge in [-0.3, -0.25) is 9.59 Å². The Hall–Kier alpha value is -1.92. The number of rotatable bonds is 3. The van der Waals surface area contributed by atoms with Crippen LogP contribution in [0.1, 0.15) is 24.2 Å². The summed E-state index contributed by atoms with van der Waals surface area (Å²) in [5.74, 6) is -1.01. The van der Waals surface area contributed by atoms with Crippen LogP contribution in [0.3, 0.4) is 0 Å². The van der Waals surface area contributed by atoms with Crippen molar-refractivity contribution < 1.29 is 19.8 Å². The van der Waals surface area contributed by atoms with Crippen molar-refractivity contribution in [2.24, 2.45) is 5.73 Å². The smallest absolute Gasteiger partial charge is 0.249 e. The average molecular weight is 264 g/mol. The molecule has 1 aromatic carbocycles. The van der Waals surface area contributed by atoms with Gasteiger partial charge in [0.15, 0.2) is 6.10 Å². The first-order valence-electron chi connectivity index (χ1n) is 5.98. The van der Waals surface area contributed by atoms with E-state index >= 15 is 0 Å². The lowest BCUT2D eigenvalue weighted by Gasteiger charge is -2.18. The molecule has 0 aliphatic carbocycles. The molecule has 0 saturated carbocycles. The van der Waals surface area contributed by atoms with Crippen LogP contribution in [0.5, 0.6) is 0 Å². The Labute approximate surface area is 110 Å². The minimum absolute atomic E-state index is 0.0378. The van der Waals surface area contributed by atoms with E-state index in [1.54, 1.807) is 23.1 Å². The van der Waals surface area contributed by atoms with E-state index in [0.29, 0.717) is 18.5 Å². The summed E-state index contributed by atoms with van der Waals surface area (Å²) in [6, 6.07) is 4.97. The average Bonchev–Trinajstić information content (AvgIpc) is 2.79. The minimum Gasteiger partial charge on any atom is -0.385 e. The van der Waals surface area contributed by atoms with Crippen molar-refractivity contribution in [3.05, 3.63) is 29.3 Å². The quantitative estimate of drug-likeness (QED) is 0.683. The van der Waals surface area contributed by atoms with Crippen LogP contribution < -0.4 is 10.6 Å². The lowest BCUT2D eigenvalue weighted by atomic mass is 10.0. The summed E-state index contributed by atoms with van der Waals surface area (Å²) < 4.78 is 0. The van der Waals surface area contributed by atoms with Gasteiger partial charge in [0.2, 0.25) is 11.8 Å². The van der Waals surface area contributed by atoms with Crippen molar-refractivity contribution in [1.82, 2.24) is 0 Å². The number of carbonyl (C=O) groups is 2. The van der Waals surface area contributed by atoms with Crippen molar-refractivity contribution >= 4 is 17.5 Å². The minimum atomic E-state index is -1.64. The molecule has 0 spiro atoms. The number of aliphatic hydroxyl groups excluding tert-OH is 2. The molecule has 0 aromatic heterocycles. The van der Waals surface area contributed by atoms with Crippen LogP contribution in [0.15, 0.2) is 18.2 Å². The zero-order chi connectivity index (χ0) is 14.2. The number of anilines is 1. The van der Waals surface area contributed by atoms with Crippen molar-refractivity contribution in [3.63, 3.8) is 0 Å². The van der Waals surface area contributed by atoms with Crippen LogP contribution >= 0.6 is 0 Å². The summed E-state index contributed by atoms with van der Waals surface area (Å²) in [5.41, 5.74) is 7.07. The number of nitrogens with zero attached hydrogens (tertiary/aromatic N) is 1. The van der Waals surface area contributed by atoms with Gasteiger partial charge in [-0.1, -0.05) is 12.1 Å². The third-order valence-electron chi connectivity index (χ3n) is 3.31. The molecule has 2 unspecified atom stereocenters. The molecule has 1 aliphatic rings. The third kappa shape index (κ3) is 2.45. The molecule has 0 bridgehead atoms. The molecule has 2 amide bonds. The second kappa shape index (κ2) is 4.99. The van der Waals surface area contributed by atoms with E-state index in [1.165, 1.54) is 6.92 Å². The van der Waals surface area contributed by atoms with E-state index < -0.39 is 18.1 Å². The van der Waals surface area contributed by atoms with Crippen LogP contribution in [0.4, 0.5) is 5.69 Å². The molecule has 0 fully saturated rings. The molecular weight excluding hydrogens is 248 g/mol. The number of hydrogen-bond donors (Lipinski definition) is 3. The highest BCUT2D eigenvalue weighted by atomic mass is 16.3. The van der Waals surface area contributed by atoms with E-state index in [9.17, 15) is 19.8 Å². The SMILES string of the molecule is CC(=O)N1CCc2cc(C(O)C(O)C(N)=O)ccc21. The van der Waals surface area contributed by atoms with Gasteiger partial charge in [-0.2, -0.15) is 0 Å². The number of amides is 2. The van der Waals surface area contributed by atoms with Crippen molar-refractivity contribution in [2.45, 2.75) is 25.6 Å². The summed E-state index contributed by atoms with van der Waals surface area (Å²) in [5, 5.41) is 19.3. The molecule has 0 radical (unpaired) electrons. The first-order valence-corrected chi connectivity index (χ1v) is 5.98. The maximum absolute atomic E-state index is 11.4. The standard InChI is InChI=1S/C13H16N2O4/c1-7(16)15-5-4-8-6-9(2-3-10(8)15)11(17)12(18)13(14)19/h2-3,6,11-12,17-18H,4-5H2,1H3,(H2,14,19). The Balaban J connectivity index is 2.28. The lowest BCUT2D eigenvalue weighted by molar-refractivity contribution is -0.132. The van der Waals surface area contributed by atoms with Gasteiger partial charge in [0.25, 0.3) is 0 Å². The maximum Gasteiger partial charge on any atom is 0.249 e. The Bertz CT molecular complexity index is 529. The fraction of sp³-hybridized carbons (Fsp3) is 0.385. The summed E-state index contributed by atoms with van der Waals surface area (Å²) in [6.45, 7) is 2.09. The fourth-order valence-corrected chi connectivity index (χ4v) is 2.27. The highest BCUT2D eigenvalue weighted by Crippen LogP contribution is 2.31. The van der Waals surface area contributed by atoms with Gasteiger partial charge in [0.05, 0.1) is 0 Å². The zero-order valence-corrected chi connectivity index (χ0v) is 10.5. The Morgan fingerprint density at radius 1 is 1.37 bits per heavy atom. The van der Waals surface area contributed by atoms with E-state index in [-0.39, 0.29) is 5.91 Å². The number of benzene rings is 1. The van der Waals surface area contributed by atoms with Gasteiger partial charge < -0.3 is 20.8 Å². The third-order valence-corrected chi connectivity index (χ3v) is 3.31. The van der Waals surface area contributed by atoms with Crippen LogP contribution in [0, 0.1) is 0 Å². The number of carbonyl (C=O) groups excluding carboxylic acids is 2.